The van der Waals surface area contributed by atoms with E-state index in [1.807, 2.05) is 6.92 Å². The molecule has 0 aromatic heterocycles. The van der Waals surface area contributed by atoms with Crippen LogP contribution in [0, 0.1) is 5.82 Å². The van der Waals surface area contributed by atoms with E-state index in [0.29, 0.717) is 29.2 Å². The molecule has 0 radical (unpaired) electrons. The van der Waals surface area contributed by atoms with Crippen molar-refractivity contribution < 1.29 is 18.7 Å². The zero-order chi connectivity index (χ0) is 18.4. The minimum atomic E-state index is -0.383. The molecule has 1 N–H and O–H groups in total. The monoisotopic (exact) mass is 344 g/mol. The summed E-state index contributed by atoms with van der Waals surface area (Å²) in [5.41, 5.74) is 1.52. The second-order valence-electron chi connectivity index (χ2n) is 5.70. The van der Waals surface area contributed by atoms with Crippen molar-refractivity contribution in [3.05, 3.63) is 59.4 Å². The van der Waals surface area contributed by atoms with Gasteiger partial charge in [0.15, 0.2) is 0 Å². The molecule has 0 aliphatic heterocycles. The highest BCUT2D eigenvalue weighted by Gasteiger charge is 2.14. The fourth-order valence-corrected chi connectivity index (χ4v) is 2.32. The number of hydrogen-bond donors (Lipinski definition) is 1. The van der Waals surface area contributed by atoms with Gasteiger partial charge in [0.05, 0.1) is 18.7 Å². The Bertz CT molecular complexity index is 775. The zero-order valence-corrected chi connectivity index (χ0v) is 14.5. The first-order valence-corrected chi connectivity index (χ1v) is 7.93. The van der Waals surface area contributed by atoms with E-state index in [1.54, 1.807) is 44.4 Å². The maximum Gasteiger partial charge on any atom is 0.253 e. The molecule has 0 aliphatic rings. The SMILES string of the molecule is CCOc1cc(C(=O)N(C)C)ccc1NC(=O)Cc1cccc(F)c1. The van der Waals surface area contributed by atoms with Gasteiger partial charge < -0.3 is 15.0 Å². The third-order valence-electron chi connectivity index (χ3n) is 3.46. The number of anilines is 1. The molecule has 132 valence electrons. The van der Waals surface area contributed by atoms with Gasteiger partial charge in [0, 0.05) is 19.7 Å². The summed E-state index contributed by atoms with van der Waals surface area (Å²) < 4.78 is 18.7. The molecule has 2 aromatic rings. The highest BCUT2D eigenvalue weighted by molar-refractivity contribution is 5.97. The molecule has 2 amide bonds. The fraction of sp³-hybridized carbons (Fsp3) is 0.263. The van der Waals surface area contributed by atoms with Crippen LogP contribution >= 0.6 is 0 Å². The summed E-state index contributed by atoms with van der Waals surface area (Å²) in [4.78, 5) is 25.7. The number of nitrogens with zero attached hydrogens (tertiary/aromatic N) is 1. The van der Waals surface area contributed by atoms with Crippen molar-refractivity contribution in [3.63, 3.8) is 0 Å². The van der Waals surface area contributed by atoms with E-state index >= 15 is 0 Å². The van der Waals surface area contributed by atoms with E-state index in [0.717, 1.165) is 0 Å². The molecule has 0 bridgehead atoms. The van der Waals surface area contributed by atoms with Crippen molar-refractivity contribution in [3.8, 4) is 5.75 Å². The first-order chi connectivity index (χ1) is 11.9. The Morgan fingerprint density at radius 1 is 1.16 bits per heavy atom. The first-order valence-electron chi connectivity index (χ1n) is 7.93. The fourth-order valence-electron chi connectivity index (χ4n) is 2.32. The van der Waals surface area contributed by atoms with E-state index in [-0.39, 0.29) is 24.1 Å². The largest absolute Gasteiger partial charge is 0.492 e. The van der Waals surface area contributed by atoms with Crippen LogP contribution in [0.2, 0.25) is 0 Å². The van der Waals surface area contributed by atoms with Crippen molar-refractivity contribution in [2.24, 2.45) is 0 Å². The summed E-state index contributed by atoms with van der Waals surface area (Å²) in [6.07, 6.45) is 0.0434. The highest BCUT2D eigenvalue weighted by atomic mass is 19.1. The van der Waals surface area contributed by atoms with Crippen molar-refractivity contribution >= 4 is 17.5 Å². The van der Waals surface area contributed by atoms with Crippen LogP contribution < -0.4 is 10.1 Å². The number of amides is 2. The normalized spacial score (nSPS) is 10.2. The van der Waals surface area contributed by atoms with Crippen LogP contribution in [0.4, 0.5) is 10.1 Å². The Balaban J connectivity index is 2.17. The van der Waals surface area contributed by atoms with E-state index in [1.165, 1.54) is 17.0 Å². The van der Waals surface area contributed by atoms with E-state index in [2.05, 4.69) is 5.32 Å². The lowest BCUT2D eigenvalue weighted by Gasteiger charge is -2.15. The molecule has 6 heteroatoms. The van der Waals surface area contributed by atoms with E-state index in [4.69, 9.17) is 4.74 Å². The molecule has 0 atom stereocenters. The van der Waals surface area contributed by atoms with Gasteiger partial charge >= 0.3 is 0 Å². The van der Waals surface area contributed by atoms with Crippen molar-refractivity contribution in [2.75, 3.05) is 26.0 Å². The lowest BCUT2D eigenvalue weighted by atomic mass is 10.1. The molecule has 0 saturated heterocycles. The minimum absolute atomic E-state index is 0.0434. The molecule has 25 heavy (non-hydrogen) atoms. The molecule has 0 heterocycles. The van der Waals surface area contributed by atoms with Gasteiger partial charge in [0.1, 0.15) is 11.6 Å². The van der Waals surface area contributed by atoms with Gasteiger partial charge in [-0.05, 0) is 42.8 Å². The molecule has 0 spiro atoms. The molecule has 0 aliphatic carbocycles. The first kappa shape index (κ1) is 18.4. The predicted octanol–water partition coefficient (Wildman–Crippen LogP) is 3.11. The Labute approximate surface area is 146 Å². The van der Waals surface area contributed by atoms with Gasteiger partial charge in [-0.1, -0.05) is 12.1 Å². The average Bonchev–Trinajstić information content (AvgIpc) is 2.55. The molecule has 5 nitrogen and oxygen atoms in total. The Hall–Kier alpha value is -2.89. The van der Waals surface area contributed by atoms with Crippen LogP contribution in [0.15, 0.2) is 42.5 Å². The number of rotatable bonds is 6. The summed E-state index contributed by atoms with van der Waals surface area (Å²) in [5, 5.41) is 2.75. The van der Waals surface area contributed by atoms with Gasteiger partial charge in [-0.3, -0.25) is 9.59 Å². The Kier molecular flexibility index (Phi) is 6.11. The molecule has 0 unspecified atom stereocenters. The number of carbonyl (C=O) groups is 2. The summed E-state index contributed by atoms with van der Waals surface area (Å²) in [5.74, 6) is -0.411. The van der Waals surface area contributed by atoms with Gasteiger partial charge in [-0.25, -0.2) is 4.39 Å². The number of halogens is 1. The topological polar surface area (TPSA) is 58.6 Å². The second-order valence-corrected chi connectivity index (χ2v) is 5.70. The quantitative estimate of drug-likeness (QED) is 0.876. The third-order valence-corrected chi connectivity index (χ3v) is 3.46. The van der Waals surface area contributed by atoms with Gasteiger partial charge in [0.25, 0.3) is 5.91 Å². The summed E-state index contributed by atoms with van der Waals surface area (Å²) in [7, 11) is 3.33. The number of benzene rings is 2. The standard InChI is InChI=1S/C19H21FN2O3/c1-4-25-17-12-14(19(24)22(2)3)8-9-16(17)21-18(23)11-13-6-5-7-15(20)10-13/h5-10,12H,4,11H2,1-3H3,(H,21,23). The molecule has 0 fully saturated rings. The van der Waals surface area contributed by atoms with Gasteiger partial charge in [-0.15, -0.1) is 0 Å². The predicted molar refractivity (Wildman–Crippen MR) is 94.4 cm³/mol. The third kappa shape index (κ3) is 5.04. The number of ether oxygens (including phenoxy) is 1. The molecular formula is C19H21FN2O3. The van der Waals surface area contributed by atoms with Gasteiger partial charge in [0.2, 0.25) is 5.91 Å². The molecule has 0 saturated carbocycles. The van der Waals surface area contributed by atoms with Crippen LogP contribution in [0.25, 0.3) is 0 Å². The van der Waals surface area contributed by atoms with Crippen molar-refractivity contribution in [1.29, 1.82) is 0 Å². The van der Waals surface area contributed by atoms with Gasteiger partial charge in [-0.2, -0.15) is 0 Å². The van der Waals surface area contributed by atoms with Crippen LogP contribution in [-0.4, -0.2) is 37.4 Å². The van der Waals surface area contributed by atoms with Crippen LogP contribution in [-0.2, 0) is 11.2 Å². The lowest BCUT2D eigenvalue weighted by molar-refractivity contribution is -0.115. The zero-order valence-electron chi connectivity index (χ0n) is 14.5. The van der Waals surface area contributed by atoms with E-state index in [9.17, 15) is 14.0 Å². The van der Waals surface area contributed by atoms with Crippen molar-refractivity contribution in [2.45, 2.75) is 13.3 Å². The smallest absolute Gasteiger partial charge is 0.253 e. The van der Waals surface area contributed by atoms with Crippen LogP contribution in [0.5, 0.6) is 5.75 Å². The van der Waals surface area contributed by atoms with E-state index < -0.39 is 0 Å². The molecular weight excluding hydrogens is 323 g/mol. The molecule has 2 rings (SSSR count). The minimum Gasteiger partial charge on any atom is -0.492 e. The Morgan fingerprint density at radius 3 is 2.56 bits per heavy atom. The Morgan fingerprint density at radius 2 is 1.92 bits per heavy atom. The summed E-state index contributed by atoms with van der Waals surface area (Å²) in [6.45, 7) is 2.21. The summed E-state index contributed by atoms with van der Waals surface area (Å²) in [6, 6.07) is 10.8. The number of nitrogens with one attached hydrogen (secondary N) is 1. The van der Waals surface area contributed by atoms with Crippen molar-refractivity contribution in [1.82, 2.24) is 4.90 Å². The molecule has 2 aromatic carbocycles. The lowest BCUT2D eigenvalue weighted by Crippen LogP contribution is -2.22. The average molecular weight is 344 g/mol. The highest BCUT2D eigenvalue weighted by Crippen LogP contribution is 2.26. The van der Waals surface area contributed by atoms with Crippen LogP contribution in [0.3, 0.4) is 0 Å². The van der Waals surface area contributed by atoms with Crippen LogP contribution in [0.1, 0.15) is 22.8 Å². The maximum atomic E-state index is 13.2. The number of hydrogen-bond acceptors (Lipinski definition) is 3. The number of carbonyl (C=O) groups excluding carboxylic acids is 2. The summed E-state index contributed by atoms with van der Waals surface area (Å²) >= 11 is 0. The maximum absolute atomic E-state index is 13.2. The second kappa shape index (κ2) is 8.28.